The fraction of sp³-hybridized carbons (Fsp3) is 0.269. The van der Waals surface area contributed by atoms with Gasteiger partial charge in [-0.2, -0.15) is 0 Å². The minimum absolute atomic E-state index is 0.127. The second-order valence-electron chi connectivity index (χ2n) is 9.05. The highest BCUT2D eigenvalue weighted by Gasteiger charge is 2.31. The van der Waals surface area contributed by atoms with Gasteiger partial charge in [-0.05, 0) is 62.6 Å². The van der Waals surface area contributed by atoms with Crippen molar-refractivity contribution in [2.45, 2.75) is 32.7 Å². The van der Waals surface area contributed by atoms with Crippen molar-refractivity contribution < 1.29 is 4.39 Å². The van der Waals surface area contributed by atoms with Gasteiger partial charge in [-0.1, -0.05) is 24.1 Å². The van der Waals surface area contributed by atoms with E-state index >= 15 is 0 Å². The summed E-state index contributed by atoms with van der Waals surface area (Å²) in [6.07, 6.45) is 3.32. The molecule has 1 saturated carbocycles. The molecule has 1 aliphatic rings. The van der Waals surface area contributed by atoms with Gasteiger partial charge in [0.05, 0.1) is 16.9 Å². The van der Waals surface area contributed by atoms with Gasteiger partial charge in [0.1, 0.15) is 17.0 Å². The summed E-state index contributed by atoms with van der Waals surface area (Å²) in [7, 11) is 1.53. The predicted molar refractivity (Wildman–Crippen MR) is 144 cm³/mol. The molecule has 8 nitrogen and oxygen atoms in total. The van der Waals surface area contributed by atoms with E-state index in [0.29, 0.717) is 5.69 Å². The Hall–Kier alpha value is -3.79. The van der Waals surface area contributed by atoms with Gasteiger partial charge >= 0.3 is 5.69 Å². The number of nitrogens with zero attached hydrogens (tertiary/aromatic N) is 3. The molecule has 2 aromatic heterocycles. The molecule has 0 saturated heterocycles. The molecule has 0 radical (unpaired) electrons. The van der Waals surface area contributed by atoms with Gasteiger partial charge in [0, 0.05) is 30.6 Å². The van der Waals surface area contributed by atoms with E-state index in [-0.39, 0.29) is 34.0 Å². The molecule has 186 valence electrons. The number of rotatable bonds is 6. The lowest BCUT2D eigenvalue weighted by molar-refractivity contribution is 0.630. The minimum Gasteiger partial charge on any atom is -0.338 e. The van der Waals surface area contributed by atoms with Gasteiger partial charge in [0.25, 0.3) is 11.1 Å². The standard InChI is InChI=1S/C26H26FN5O3S/c1-14-8-11-20(19(27)12-14)28-23-21-22(15(2)24(33)30(23)3)31(18-7-5-6-16(13-18)29-36-4)26(35)32(25(21)34)17-9-10-17/h5-8,11-13,17,28-29H,9-10H2,1-4H3. The Kier molecular flexibility index (Phi) is 5.99. The van der Waals surface area contributed by atoms with Crippen LogP contribution in [0.2, 0.25) is 0 Å². The first-order chi connectivity index (χ1) is 17.2. The van der Waals surface area contributed by atoms with Crippen LogP contribution in [0, 0.1) is 19.7 Å². The van der Waals surface area contributed by atoms with Crippen molar-refractivity contribution >= 4 is 40.0 Å². The second-order valence-corrected chi connectivity index (χ2v) is 9.66. The van der Waals surface area contributed by atoms with Crippen LogP contribution in [0.1, 0.15) is 30.0 Å². The van der Waals surface area contributed by atoms with Crippen molar-refractivity contribution in [3.63, 3.8) is 0 Å². The molecule has 2 N–H and O–H groups in total. The average molecular weight is 508 g/mol. The van der Waals surface area contributed by atoms with Gasteiger partial charge in [-0.15, -0.1) is 0 Å². The van der Waals surface area contributed by atoms with Gasteiger partial charge in [0.15, 0.2) is 0 Å². The number of fused-ring (bicyclic) bond motifs is 1. The highest BCUT2D eigenvalue weighted by Crippen LogP contribution is 2.34. The van der Waals surface area contributed by atoms with Gasteiger partial charge in [0.2, 0.25) is 0 Å². The number of hydrogen-bond donors (Lipinski definition) is 2. The monoisotopic (exact) mass is 507 g/mol. The highest BCUT2D eigenvalue weighted by atomic mass is 32.2. The summed E-state index contributed by atoms with van der Waals surface area (Å²) >= 11 is 1.41. The first kappa shape index (κ1) is 23.9. The van der Waals surface area contributed by atoms with E-state index in [0.717, 1.165) is 24.1 Å². The third kappa shape index (κ3) is 3.91. The van der Waals surface area contributed by atoms with E-state index in [4.69, 9.17) is 0 Å². The Morgan fingerprint density at radius 3 is 2.44 bits per heavy atom. The largest absolute Gasteiger partial charge is 0.338 e. The quantitative estimate of drug-likeness (QED) is 0.377. The topological polar surface area (TPSA) is 90.1 Å². The van der Waals surface area contributed by atoms with Crippen LogP contribution in [-0.4, -0.2) is 20.0 Å². The Morgan fingerprint density at radius 1 is 1.03 bits per heavy atom. The van der Waals surface area contributed by atoms with Crippen LogP contribution in [0.25, 0.3) is 16.6 Å². The first-order valence-electron chi connectivity index (χ1n) is 11.6. The summed E-state index contributed by atoms with van der Waals surface area (Å²) < 4.78 is 21.9. The third-order valence-corrected chi connectivity index (χ3v) is 6.90. The van der Waals surface area contributed by atoms with Crippen molar-refractivity contribution in [3.05, 3.63) is 90.6 Å². The maximum Gasteiger partial charge on any atom is 0.336 e. The molecule has 0 bridgehead atoms. The SMILES string of the molecule is CSNc1cccc(-n2c(=O)n(C3CC3)c(=O)c3c(Nc4ccc(C)cc4F)n(C)c(=O)c(C)c32)c1. The molecule has 0 unspecified atom stereocenters. The fourth-order valence-electron chi connectivity index (χ4n) is 4.53. The van der Waals surface area contributed by atoms with Gasteiger partial charge < -0.3 is 10.0 Å². The Balaban J connectivity index is 1.91. The Morgan fingerprint density at radius 2 is 1.78 bits per heavy atom. The number of anilines is 3. The lowest BCUT2D eigenvalue weighted by atomic mass is 10.1. The lowest BCUT2D eigenvalue weighted by Crippen LogP contribution is -2.41. The number of halogens is 1. The van der Waals surface area contributed by atoms with E-state index in [1.54, 1.807) is 44.2 Å². The number of aryl methyl sites for hydroxylation is 2. The fourth-order valence-corrected chi connectivity index (χ4v) is 4.89. The molecular weight excluding hydrogens is 481 g/mol. The number of pyridine rings is 1. The maximum atomic E-state index is 14.8. The molecule has 0 amide bonds. The molecule has 36 heavy (non-hydrogen) atoms. The summed E-state index contributed by atoms with van der Waals surface area (Å²) in [4.78, 5) is 40.9. The van der Waals surface area contributed by atoms with Crippen LogP contribution in [0.4, 0.5) is 21.6 Å². The van der Waals surface area contributed by atoms with Crippen LogP contribution in [0.3, 0.4) is 0 Å². The number of benzene rings is 2. The third-order valence-electron chi connectivity index (χ3n) is 6.46. The van der Waals surface area contributed by atoms with Crippen molar-refractivity contribution in [2.75, 3.05) is 16.3 Å². The van der Waals surface area contributed by atoms with Crippen molar-refractivity contribution in [3.8, 4) is 5.69 Å². The van der Waals surface area contributed by atoms with Crippen LogP contribution in [-0.2, 0) is 7.05 Å². The summed E-state index contributed by atoms with van der Waals surface area (Å²) in [5.41, 5.74) is 1.22. The molecule has 0 atom stereocenters. The smallest absolute Gasteiger partial charge is 0.336 e. The van der Waals surface area contributed by atoms with Crippen LogP contribution < -0.4 is 26.8 Å². The highest BCUT2D eigenvalue weighted by molar-refractivity contribution is 7.99. The molecule has 0 spiro atoms. The molecule has 1 aliphatic carbocycles. The van der Waals surface area contributed by atoms with Crippen molar-refractivity contribution in [2.24, 2.45) is 7.05 Å². The minimum atomic E-state index is -0.511. The molecule has 1 fully saturated rings. The predicted octanol–water partition coefficient (Wildman–Crippen LogP) is 4.38. The first-order valence-corrected chi connectivity index (χ1v) is 12.8. The normalized spacial score (nSPS) is 13.2. The zero-order chi connectivity index (χ0) is 25.7. The van der Waals surface area contributed by atoms with Crippen LogP contribution >= 0.6 is 11.9 Å². The number of hydrogen-bond acceptors (Lipinski definition) is 6. The molecule has 0 aliphatic heterocycles. The van der Waals surface area contributed by atoms with E-state index < -0.39 is 22.6 Å². The molecule has 5 rings (SSSR count). The Labute approximate surface area is 210 Å². The molecule has 2 aromatic carbocycles. The van der Waals surface area contributed by atoms with E-state index in [9.17, 15) is 18.8 Å². The Bertz CT molecular complexity index is 1700. The summed E-state index contributed by atoms with van der Waals surface area (Å²) in [6, 6.07) is 11.7. The van der Waals surface area contributed by atoms with E-state index in [1.807, 2.05) is 12.3 Å². The second kappa shape index (κ2) is 9.02. The summed E-state index contributed by atoms with van der Waals surface area (Å²) in [6.45, 7) is 3.37. The molecule has 2 heterocycles. The van der Waals surface area contributed by atoms with Crippen LogP contribution in [0.15, 0.2) is 56.8 Å². The van der Waals surface area contributed by atoms with E-state index in [1.165, 1.54) is 38.8 Å². The lowest BCUT2D eigenvalue weighted by Gasteiger charge is -2.21. The summed E-state index contributed by atoms with van der Waals surface area (Å²) in [5.74, 6) is -0.377. The summed E-state index contributed by atoms with van der Waals surface area (Å²) in [5, 5.41) is 3.14. The van der Waals surface area contributed by atoms with Crippen molar-refractivity contribution in [1.82, 2.24) is 13.7 Å². The maximum absolute atomic E-state index is 14.8. The number of aromatic nitrogens is 3. The average Bonchev–Trinajstić information content (AvgIpc) is 3.67. The molecule has 10 heteroatoms. The van der Waals surface area contributed by atoms with Gasteiger partial charge in [-0.3, -0.25) is 23.3 Å². The molecular formula is C26H26FN5O3S. The molecule has 4 aromatic rings. The van der Waals surface area contributed by atoms with Crippen LogP contribution in [0.5, 0.6) is 0 Å². The van der Waals surface area contributed by atoms with Crippen molar-refractivity contribution in [1.29, 1.82) is 0 Å². The zero-order valence-electron chi connectivity index (χ0n) is 20.4. The van der Waals surface area contributed by atoms with Gasteiger partial charge in [-0.25, -0.2) is 9.18 Å². The zero-order valence-corrected chi connectivity index (χ0v) is 21.2. The van der Waals surface area contributed by atoms with E-state index in [2.05, 4.69) is 10.0 Å². The number of nitrogens with one attached hydrogen (secondary N) is 2.